The average molecular weight is 445 g/mol. The minimum atomic E-state index is -0.338. The van der Waals surface area contributed by atoms with Gasteiger partial charge in [-0.1, -0.05) is 54.6 Å². The van der Waals surface area contributed by atoms with E-state index in [2.05, 4.69) is 0 Å². The standard InChI is InChI=1S/C25H32O7/c1-27-17-29-23-16-21(12-6-10-20-11-7-13-24(26)32-20)31-22(25(23)30-18-28-2)15-14-19-8-4-3-5-9-19/h3-10,13-15,20-23,25H,11-12,16-18H2,1-2H3/b10-6+,15-14+/t20-,21-,22+,23+,25+/m0/s1. The lowest BCUT2D eigenvalue weighted by molar-refractivity contribution is -0.226. The molecule has 3 rings (SSSR count). The quantitative estimate of drug-likeness (QED) is 0.293. The van der Waals surface area contributed by atoms with Crippen molar-refractivity contribution in [2.24, 2.45) is 0 Å². The van der Waals surface area contributed by atoms with Crippen molar-refractivity contribution in [3.05, 3.63) is 66.3 Å². The van der Waals surface area contributed by atoms with Crippen molar-refractivity contribution in [3.8, 4) is 0 Å². The Morgan fingerprint density at radius 2 is 1.84 bits per heavy atom. The lowest BCUT2D eigenvalue weighted by atomic mass is 9.94. The number of ether oxygens (including phenoxy) is 6. The van der Waals surface area contributed by atoms with Crippen molar-refractivity contribution in [2.75, 3.05) is 27.8 Å². The fraction of sp³-hybridized carbons (Fsp3) is 0.480. The van der Waals surface area contributed by atoms with E-state index in [1.54, 1.807) is 14.2 Å². The summed E-state index contributed by atoms with van der Waals surface area (Å²) in [4.78, 5) is 11.4. The van der Waals surface area contributed by atoms with Crippen LogP contribution in [0.2, 0.25) is 0 Å². The zero-order valence-corrected chi connectivity index (χ0v) is 18.6. The van der Waals surface area contributed by atoms with E-state index >= 15 is 0 Å². The summed E-state index contributed by atoms with van der Waals surface area (Å²) >= 11 is 0. The van der Waals surface area contributed by atoms with Crippen molar-refractivity contribution < 1.29 is 33.2 Å². The van der Waals surface area contributed by atoms with E-state index in [9.17, 15) is 4.79 Å². The van der Waals surface area contributed by atoms with E-state index in [1.807, 2.05) is 60.7 Å². The van der Waals surface area contributed by atoms with Crippen LogP contribution in [0, 0.1) is 0 Å². The Bertz CT molecular complexity index is 774. The maximum Gasteiger partial charge on any atom is 0.331 e. The number of benzene rings is 1. The molecule has 0 aliphatic carbocycles. The normalized spacial score (nSPS) is 28.4. The van der Waals surface area contributed by atoms with Crippen LogP contribution < -0.4 is 0 Å². The van der Waals surface area contributed by atoms with Crippen molar-refractivity contribution in [3.63, 3.8) is 0 Å². The van der Waals surface area contributed by atoms with Gasteiger partial charge in [-0.25, -0.2) is 4.79 Å². The number of carbonyl (C=O) groups excluding carboxylic acids is 1. The molecule has 1 aromatic rings. The van der Waals surface area contributed by atoms with Crippen molar-refractivity contribution in [1.29, 1.82) is 0 Å². The van der Waals surface area contributed by atoms with Crippen LogP contribution in [0.4, 0.5) is 0 Å². The molecule has 0 radical (unpaired) electrons. The first-order valence-electron chi connectivity index (χ1n) is 10.8. The number of esters is 1. The molecule has 5 atom stereocenters. The zero-order valence-electron chi connectivity index (χ0n) is 18.6. The lowest BCUT2D eigenvalue weighted by Gasteiger charge is -2.40. The summed E-state index contributed by atoms with van der Waals surface area (Å²) in [7, 11) is 3.18. The molecule has 0 aromatic heterocycles. The number of hydrogen-bond acceptors (Lipinski definition) is 7. The molecule has 2 aliphatic rings. The second kappa shape index (κ2) is 13.3. The van der Waals surface area contributed by atoms with E-state index in [-0.39, 0.29) is 50.1 Å². The molecule has 0 unspecified atom stereocenters. The molecule has 0 saturated carbocycles. The largest absolute Gasteiger partial charge is 0.455 e. The summed E-state index contributed by atoms with van der Waals surface area (Å²) < 4.78 is 33.8. The average Bonchev–Trinajstić information content (AvgIpc) is 2.81. The van der Waals surface area contributed by atoms with E-state index in [0.29, 0.717) is 19.3 Å². The van der Waals surface area contributed by atoms with Gasteiger partial charge in [-0.05, 0) is 18.1 Å². The number of rotatable bonds is 11. The van der Waals surface area contributed by atoms with Crippen molar-refractivity contribution in [1.82, 2.24) is 0 Å². The number of hydrogen-bond donors (Lipinski definition) is 0. The van der Waals surface area contributed by atoms with Gasteiger partial charge in [0.1, 0.15) is 31.9 Å². The van der Waals surface area contributed by atoms with Gasteiger partial charge in [-0.2, -0.15) is 0 Å². The first-order valence-corrected chi connectivity index (χ1v) is 10.8. The maximum absolute atomic E-state index is 11.4. The summed E-state index contributed by atoms with van der Waals surface area (Å²) in [5.74, 6) is -0.308. The predicted octanol–water partition coefficient (Wildman–Crippen LogP) is 3.65. The fourth-order valence-corrected chi connectivity index (χ4v) is 3.74. The molecule has 1 fully saturated rings. The smallest absolute Gasteiger partial charge is 0.331 e. The van der Waals surface area contributed by atoms with Crippen LogP contribution in [0.1, 0.15) is 24.8 Å². The monoisotopic (exact) mass is 444 g/mol. The van der Waals surface area contributed by atoms with Crippen LogP contribution in [0.3, 0.4) is 0 Å². The molecule has 0 amide bonds. The van der Waals surface area contributed by atoms with E-state index < -0.39 is 0 Å². The van der Waals surface area contributed by atoms with Gasteiger partial charge in [0.15, 0.2) is 0 Å². The third kappa shape index (κ3) is 7.69. The van der Waals surface area contributed by atoms with Gasteiger partial charge >= 0.3 is 5.97 Å². The SMILES string of the molecule is COCO[C@@H]1[C@@H](/C=C/c2ccccc2)O[C@@H](C/C=C/[C@H]2CC=CC(=O)O2)C[C@H]1OCOC. The van der Waals surface area contributed by atoms with Crippen molar-refractivity contribution in [2.45, 2.75) is 49.8 Å². The third-order valence-electron chi connectivity index (χ3n) is 5.23. The highest BCUT2D eigenvalue weighted by atomic mass is 16.7. The highest BCUT2D eigenvalue weighted by Crippen LogP contribution is 2.29. The third-order valence-corrected chi connectivity index (χ3v) is 5.23. The Kier molecular flexibility index (Phi) is 10.1. The van der Waals surface area contributed by atoms with Crippen LogP contribution in [0.15, 0.2) is 60.7 Å². The van der Waals surface area contributed by atoms with Gasteiger partial charge in [-0.3, -0.25) is 0 Å². The first-order chi connectivity index (χ1) is 15.7. The highest BCUT2D eigenvalue weighted by Gasteiger charge is 2.39. The highest BCUT2D eigenvalue weighted by molar-refractivity contribution is 5.82. The van der Waals surface area contributed by atoms with E-state index in [0.717, 1.165) is 5.56 Å². The minimum absolute atomic E-state index is 0.0873. The van der Waals surface area contributed by atoms with Crippen molar-refractivity contribution >= 4 is 12.0 Å². The van der Waals surface area contributed by atoms with Crippen LogP contribution in [0.25, 0.3) is 6.08 Å². The molecular weight excluding hydrogens is 412 g/mol. The molecule has 0 N–H and O–H groups in total. The Morgan fingerprint density at radius 3 is 2.59 bits per heavy atom. The van der Waals surface area contributed by atoms with E-state index in [1.165, 1.54) is 6.08 Å². The van der Waals surface area contributed by atoms with Crippen LogP contribution in [-0.2, 0) is 33.2 Å². The summed E-state index contributed by atoms with van der Waals surface area (Å²) in [5, 5.41) is 0. The number of methoxy groups -OCH3 is 2. The Balaban J connectivity index is 1.70. The van der Waals surface area contributed by atoms with Gasteiger partial charge in [0.2, 0.25) is 0 Å². The summed E-state index contributed by atoms with van der Waals surface area (Å²) in [6, 6.07) is 10.0. The Hall–Kier alpha value is -2.29. The molecule has 7 heteroatoms. The van der Waals surface area contributed by atoms with Gasteiger partial charge < -0.3 is 28.4 Å². The Morgan fingerprint density at radius 1 is 1.06 bits per heavy atom. The van der Waals surface area contributed by atoms with Gasteiger partial charge in [0, 0.05) is 33.1 Å². The molecule has 1 saturated heterocycles. The summed E-state index contributed by atoms with van der Waals surface area (Å²) in [5.41, 5.74) is 1.07. The minimum Gasteiger partial charge on any atom is -0.455 e. The molecule has 1 aromatic carbocycles. The molecular formula is C25H32O7. The number of cyclic esters (lactones) is 1. The first kappa shape index (κ1) is 24.4. The molecule has 174 valence electrons. The lowest BCUT2D eigenvalue weighted by Crippen LogP contribution is -2.50. The summed E-state index contributed by atoms with van der Waals surface area (Å²) in [6.07, 6.45) is 12.0. The second-order valence-electron chi connectivity index (χ2n) is 7.65. The van der Waals surface area contributed by atoms with Gasteiger partial charge in [0.05, 0.1) is 12.2 Å². The number of carbonyl (C=O) groups is 1. The van der Waals surface area contributed by atoms with Crippen LogP contribution >= 0.6 is 0 Å². The van der Waals surface area contributed by atoms with Crippen LogP contribution in [-0.4, -0.2) is 64.3 Å². The van der Waals surface area contributed by atoms with Gasteiger partial charge in [0.25, 0.3) is 0 Å². The van der Waals surface area contributed by atoms with E-state index in [4.69, 9.17) is 28.4 Å². The fourth-order valence-electron chi connectivity index (χ4n) is 3.74. The molecule has 2 aliphatic heterocycles. The molecule has 7 nitrogen and oxygen atoms in total. The Labute approximate surface area is 189 Å². The zero-order chi connectivity index (χ0) is 22.6. The summed E-state index contributed by atoms with van der Waals surface area (Å²) in [6.45, 7) is 0.307. The second-order valence-corrected chi connectivity index (χ2v) is 7.65. The molecule has 0 spiro atoms. The predicted molar refractivity (Wildman–Crippen MR) is 120 cm³/mol. The van der Waals surface area contributed by atoms with Crippen LogP contribution in [0.5, 0.6) is 0 Å². The molecule has 0 bridgehead atoms. The van der Waals surface area contributed by atoms with Gasteiger partial charge in [-0.15, -0.1) is 0 Å². The molecule has 2 heterocycles. The maximum atomic E-state index is 11.4. The molecule has 32 heavy (non-hydrogen) atoms. The topological polar surface area (TPSA) is 72.5 Å².